The van der Waals surface area contributed by atoms with Crippen LogP contribution in [0, 0.1) is 5.92 Å². The number of ether oxygens (including phenoxy) is 2. The molecule has 1 unspecified atom stereocenters. The Labute approximate surface area is 85.0 Å². The largest absolute Gasteiger partial charge is 0.353 e. The zero-order valence-electron chi connectivity index (χ0n) is 9.29. The highest BCUT2D eigenvalue weighted by molar-refractivity contribution is 5.77. The van der Waals surface area contributed by atoms with Crippen molar-refractivity contribution in [2.75, 3.05) is 13.2 Å². The summed E-state index contributed by atoms with van der Waals surface area (Å²) in [6.07, 6.45) is -0.0206. The van der Waals surface area contributed by atoms with Crippen molar-refractivity contribution in [1.29, 1.82) is 0 Å². The van der Waals surface area contributed by atoms with Crippen LogP contribution < -0.4 is 5.32 Å². The fraction of sp³-hybridized carbons (Fsp3) is 0.900. The zero-order valence-corrected chi connectivity index (χ0v) is 9.29. The first-order chi connectivity index (χ1) is 6.41. The van der Waals surface area contributed by atoms with Gasteiger partial charge in [0.2, 0.25) is 5.91 Å². The molecule has 1 amide bonds. The molecule has 1 aliphatic heterocycles. The summed E-state index contributed by atoms with van der Waals surface area (Å²) in [6, 6.07) is 0. The molecule has 1 aliphatic rings. The molecule has 0 saturated carbocycles. The Balaban J connectivity index is 2.24. The monoisotopic (exact) mass is 201 g/mol. The first kappa shape index (κ1) is 11.5. The SMILES string of the molecule is CC(C)C(=O)NCC1COC(C)(C)O1. The maximum atomic E-state index is 11.3. The fourth-order valence-corrected chi connectivity index (χ4v) is 1.28. The van der Waals surface area contributed by atoms with E-state index in [1.807, 2.05) is 27.7 Å². The van der Waals surface area contributed by atoms with Gasteiger partial charge in [-0.1, -0.05) is 13.8 Å². The molecule has 1 atom stereocenters. The van der Waals surface area contributed by atoms with Gasteiger partial charge in [-0.3, -0.25) is 4.79 Å². The van der Waals surface area contributed by atoms with E-state index in [1.165, 1.54) is 0 Å². The summed E-state index contributed by atoms with van der Waals surface area (Å²) >= 11 is 0. The van der Waals surface area contributed by atoms with Crippen molar-refractivity contribution in [2.45, 2.75) is 39.6 Å². The van der Waals surface area contributed by atoms with Gasteiger partial charge in [0.15, 0.2) is 5.79 Å². The minimum Gasteiger partial charge on any atom is -0.353 e. The summed E-state index contributed by atoms with van der Waals surface area (Å²) in [5.74, 6) is -0.434. The normalized spacial score (nSPS) is 25.4. The van der Waals surface area contributed by atoms with Crippen molar-refractivity contribution in [1.82, 2.24) is 5.32 Å². The molecule has 4 nitrogen and oxygen atoms in total. The number of rotatable bonds is 3. The third kappa shape index (κ3) is 3.27. The van der Waals surface area contributed by atoms with Crippen LogP contribution in [-0.2, 0) is 14.3 Å². The summed E-state index contributed by atoms with van der Waals surface area (Å²) in [5, 5.41) is 2.82. The molecule has 1 fully saturated rings. The molecule has 4 heteroatoms. The van der Waals surface area contributed by atoms with Crippen molar-refractivity contribution in [3.05, 3.63) is 0 Å². The molecule has 14 heavy (non-hydrogen) atoms. The molecule has 0 aromatic carbocycles. The van der Waals surface area contributed by atoms with E-state index in [0.717, 1.165) is 0 Å². The molecule has 1 N–H and O–H groups in total. The van der Waals surface area contributed by atoms with Gasteiger partial charge in [0.1, 0.15) is 6.10 Å². The van der Waals surface area contributed by atoms with Gasteiger partial charge in [0.05, 0.1) is 6.61 Å². The van der Waals surface area contributed by atoms with E-state index in [4.69, 9.17) is 9.47 Å². The average molecular weight is 201 g/mol. The Morgan fingerprint density at radius 3 is 2.64 bits per heavy atom. The van der Waals surface area contributed by atoms with Crippen molar-refractivity contribution < 1.29 is 14.3 Å². The highest BCUT2D eigenvalue weighted by Gasteiger charge is 2.32. The molecule has 1 heterocycles. The predicted octanol–water partition coefficient (Wildman–Crippen LogP) is 0.910. The van der Waals surface area contributed by atoms with Crippen LogP contribution in [0.4, 0.5) is 0 Å². The van der Waals surface area contributed by atoms with E-state index in [-0.39, 0.29) is 17.9 Å². The van der Waals surface area contributed by atoms with Gasteiger partial charge in [-0.05, 0) is 13.8 Å². The van der Waals surface area contributed by atoms with E-state index in [9.17, 15) is 4.79 Å². The van der Waals surface area contributed by atoms with Crippen molar-refractivity contribution in [3.8, 4) is 0 Å². The predicted molar refractivity (Wildman–Crippen MR) is 52.8 cm³/mol. The second-order valence-corrected chi connectivity index (χ2v) is 4.35. The molecular weight excluding hydrogens is 182 g/mol. The summed E-state index contributed by atoms with van der Waals surface area (Å²) in [6.45, 7) is 8.55. The standard InChI is InChI=1S/C10H19NO3/c1-7(2)9(12)11-5-8-6-13-10(3,4)14-8/h7-8H,5-6H2,1-4H3,(H,11,12). The van der Waals surface area contributed by atoms with Crippen LogP contribution in [0.5, 0.6) is 0 Å². The van der Waals surface area contributed by atoms with Gasteiger partial charge >= 0.3 is 0 Å². The lowest BCUT2D eigenvalue weighted by atomic mass is 10.2. The third-order valence-corrected chi connectivity index (χ3v) is 2.10. The maximum Gasteiger partial charge on any atom is 0.222 e. The van der Waals surface area contributed by atoms with E-state index in [2.05, 4.69) is 5.32 Å². The topological polar surface area (TPSA) is 47.6 Å². The van der Waals surface area contributed by atoms with Crippen molar-refractivity contribution in [3.63, 3.8) is 0 Å². The van der Waals surface area contributed by atoms with E-state index < -0.39 is 5.79 Å². The summed E-state index contributed by atoms with van der Waals surface area (Å²) in [5.41, 5.74) is 0. The van der Waals surface area contributed by atoms with E-state index in [1.54, 1.807) is 0 Å². The maximum absolute atomic E-state index is 11.3. The van der Waals surface area contributed by atoms with Gasteiger partial charge in [-0.15, -0.1) is 0 Å². The number of amides is 1. The van der Waals surface area contributed by atoms with Crippen molar-refractivity contribution in [2.24, 2.45) is 5.92 Å². The van der Waals surface area contributed by atoms with Crippen LogP contribution in [0.3, 0.4) is 0 Å². The quantitative estimate of drug-likeness (QED) is 0.738. The lowest BCUT2D eigenvalue weighted by molar-refractivity contribution is -0.139. The molecule has 0 aromatic heterocycles. The van der Waals surface area contributed by atoms with E-state index in [0.29, 0.717) is 13.2 Å². The van der Waals surface area contributed by atoms with Gasteiger partial charge in [0, 0.05) is 12.5 Å². The Kier molecular flexibility index (Phi) is 3.50. The molecule has 0 spiro atoms. The molecule has 82 valence electrons. The molecular formula is C10H19NO3. The summed E-state index contributed by atoms with van der Waals surface area (Å²) in [4.78, 5) is 11.3. The average Bonchev–Trinajstić information content (AvgIpc) is 2.41. The molecule has 1 saturated heterocycles. The summed E-state index contributed by atoms with van der Waals surface area (Å²) in [7, 11) is 0. The van der Waals surface area contributed by atoms with E-state index >= 15 is 0 Å². The molecule has 0 radical (unpaired) electrons. The van der Waals surface area contributed by atoms with Crippen LogP contribution >= 0.6 is 0 Å². The van der Waals surface area contributed by atoms with Crippen LogP contribution in [0.25, 0.3) is 0 Å². The molecule has 0 aliphatic carbocycles. The Morgan fingerprint density at radius 2 is 2.21 bits per heavy atom. The molecule has 1 rings (SSSR count). The Hall–Kier alpha value is -0.610. The second-order valence-electron chi connectivity index (χ2n) is 4.35. The fourth-order valence-electron chi connectivity index (χ4n) is 1.28. The minimum atomic E-state index is -0.507. The lowest BCUT2D eigenvalue weighted by Gasteiger charge is -2.17. The number of carbonyl (C=O) groups is 1. The number of nitrogens with one attached hydrogen (secondary N) is 1. The third-order valence-electron chi connectivity index (χ3n) is 2.10. The molecule has 0 bridgehead atoms. The highest BCUT2D eigenvalue weighted by atomic mass is 16.7. The van der Waals surface area contributed by atoms with Crippen LogP contribution in [0.15, 0.2) is 0 Å². The number of hydrogen-bond donors (Lipinski definition) is 1. The number of hydrogen-bond acceptors (Lipinski definition) is 3. The highest BCUT2D eigenvalue weighted by Crippen LogP contribution is 2.21. The lowest BCUT2D eigenvalue weighted by Crippen LogP contribution is -2.36. The van der Waals surface area contributed by atoms with Gasteiger partial charge in [-0.2, -0.15) is 0 Å². The number of carbonyl (C=O) groups excluding carboxylic acids is 1. The van der Waals surface area contributed by atoms with Crippen LogP contribution in [0.2, 0.25) is 0 Å². The second kappa shape index (κ2) is 4.28. The van der Waals surface area contributed by atoms with Gasteiger partial charge < -0.3 is 14.8 Å². The van der Waals surface area contributed by atoms with Gasteiger partial charge in [0.25, 0.3) is 0 Å². The smallest absolute Gasteiger partial charge is 0.222 e. The first-order valence-corrected chi connectivity index (χ1v) is 5.00. The summed E-state index contributed by atoms with van der Waals surface area (Å²) < 4.78 is 10.9. The minimum absolute atomic E-state index is 0.0188. The molecule has 0 aromatic rings. The van der Waals surface area contributed by atoms with Crippen LogP contribution in [0.1, 0.15) is 27.7 Å². The Bertz CT molecular complexity index is 213. The first-order valence-electron chi connectivity index (χ1n) is 5.00. The van der Waals surface area contributed by atoms with Gasteiger partial charge in [-0.25, -0.2) is 0 Å². The van der Waals surface area contributed by atoms with Crippen molar-refractivity contribution >= 4 is 5.91 Å². The Morgan fingerprint density at radius 1 is 1.57 bits per heavy atom. The van der Waals surface area contributed by atoms with Crippen LogP contribution in [-0.4, -0.2) is 30.9 Å². The zero-order chi connectivity index (χ0) is 10.8.